The first-order valence-electron chi connectivity index (χ1n) is 7.77. The Kier molecular flexibility index (Phi) is 4.37. The molecule has 0 saturated carbocycles. The van der Waals surface area contributed by atoms with Crippen LogP contribution in [0.5, 0.6) is 0 Å². The monoisotopic (exact) mass is 370 g/mol. The number of aromatic nitrogens is 4. The number of rotatable bonds is 5. The van der Waals surface area contributed by atoms with E-state index < -0.39 is 0 Å². The molecular formula is C17H14N4O2S2. The molecule has 0 saturated heterocycles. The van der Waals surface area contributed by atoms with E-state index >= 15 is 0 Å². The molecule has 3 aromatic heterocycles. The highest BCUT2D eigenvalue weighted by Gasteiger charge is 2.15. The summed E-state index contributed by atoms with van der Waals surface area (Å²) in [6.07, 6.45) is 2.38. The minimum Gasteiger partial charge on any atom is -0.467 e. The molecule has 0 aliphatic rings. The van der Waals surface area contributed by atoms with Crippen molar-refractivity contribution in [3.05, 3.63) is 64.6 Å². The second-order valence-corrected chi connectivity index (χ2v) is 7.28. The highest BCUT2D eigenvalue weighted by molar-refractivity contribution is 8.00. The van der Waals surface area contributed by atoms with Gasteiger partial charge in [-0.2, -0.15) is 4.37 Å². The van der Waals surface area contributed by atoms with Gasteiger partial charge < -0.3 is 4.42 Å². The molecule has 0 aliphatic carbocycles. The van der Waals surface area contributed by atoms with Crippen molar-refractivity contribution in [2.24, 2.45) is 0 Å². The summed E-state index contributed by atoms with van der Waals surface area (Å²) in [5.74, 6) is 1.50. The molecule has 0 fully saturated rings. The molecule has 0 atom stereocenters. The summed E-state index contributed by atoms with van der Waals surface area (Å²) in [6, 6.07) is 11.0. The molecule has 0 amide bonds. The number of aryl methyl sites for hydroxylation is 1. The van der Waals surface area contributed by atoms with Gasteiger partial charge in [0.15, 0.2) is 9.50 Å². The second-order valence-electron chi connectivity index (χ2n) is 5.31. The number of hydrogen-bond acceptors (Lipinski definition) is 7. The summed E-state index contributed by atoms with van der Waals surface area (Å²) < 4.78 is 12.1. The smallest absolute Gasteiger partial charge is 0.262 e. The molecule has 126 valence electrons. The number of fused-ring (bicyclic) bond motifs is 1. The molecule has 4 rings (SSSR count). The van der Waals surface area contributed by atoms with Gasteiger partial charge in [0, 0.05) is 6.42 Å². The Morgan fingerprint density at radius 2 is 2.08 bits per heavy atom. The highest BCUT2D eigenvalue weighted by Crippen LogP contribution is 2.28. The van der Waals surface area contributed by atoms with E-state index in [1.54, 1.807) is 23.0 Å². The van der Waals surface area contributed by atoms with E-state index in [4.69, 9.17) is 4.42 Å². The predicted molar refractivity (Wildman–Crippen MR) is 97.2 cm³/mol. The molecule has 3 heterocycles. The number of hydrogen-bond donors (Lipinski definition) is 0. The van der Waals surface area contributed by atoms with Crippen LogP contribution in [0.25, 0.3) is 10.9 Å². The molecular weight excluding hydrogens is 356 g/mol. The van der Waals surface area contributed by atoms with Crippen molar-refractivity contribution in [1.29, 1.82) is 0 Å². The Balaban J connectivity index is 1.83. The van der Waals surface area contributed by atoms with E-state index in [2.05, 4.69) is 14.3 Å². The molecule has 0 radical (unpaired) electrons. The van der Waals surface area contributed by atoms with Gasteiger partial charge in [-0.1, -0.05) is 19.1 Å². The van der Waals surface area contributed by atoms with Crippen molar-refractivity contribution >= 4 is 34.2 Å². The topological polar surface area (TPSA) is 73.8 Å². The van der Waals surface area contributed by atoms with Crippen LogP contribution in [0.1, 0.15) is 18.5 Å². The van der Waals surface area contributed by atoms with Gasteiger partial charge in [0.2, 0.25) is 0 Å². The Morgan fingerprint density at radius 3 is 2.84 bits per heavy atom. The maximum Gasteiger partial charge on any atom is 0.262 e. The molecule has 4 aromatic rings. The lowest BCUT2D eigenvalue weighted by Gasteiger charge is -2.10. The van der Waals surface area contributed by atoms with Crippen molar-refractivity contribution in [3.8, 4) is 0 Å². The third-order valence-corrected chi connectivity index (χ3v) is 5.45. The Hall–Kier alpha value is -2.45. The molecule has 0 spiro atoms. The lowest BCUT2D eigenvalue weighted by molar-refractivity contribution is 0.476. The summed E-state index contributed by atoms with van der Waals surface area (Å²) in [5, 5.41) is 1.17. The average Bonchev–Trinajstić information content (AvgIpc) is 3.30. The summed E-state index contributed by atoms with van der Waals surface area (Å²) in [6.45, 7) is 2.34. The average molecular weight is 370 g/mol. The molecule has 0 aliphatic heterocycles. The fourth-order valence-corrected chi connectivity index (χ4v) is 4.12. The first-order valence-corrected chi connectivity index (χ1v) is 9.36. The van der Waals surface area contributed by atoms with Crippen molar-refractivity contribution in [1.82, 2.24) is 18.9 Å². The minimum absolute atomic E-state index is 0.0928. The maximum atomic E-state index is 13.0. The lowest BCUT2D eigenvalue weighted by Crippen LogP contribution is -2.23. The van der Waals surface area contributed by atoms with Gasteiger partial charge in [0.05, 0.1) is 23.7 Å². The predicted octanol–water partition coefficient (Wildman–Crippen LogP) is 3.60. The lowest BCUT2D eigenvalue weighted by atomic mass is 10.2. The molecule has 0 N–H and O–H groups in total. The van der Waals surface area contributed by atoms with E-state index in [1.165, 1.54) is 23.3 Å². The molecule has 25 heavy (non-hydrogen) atoms. The summed E-state index contributed by atoms with van der Waals surface area (Å²) in [7, 11) is 0. The summed E-state index contributed by atoms with van der Waals surface area (Å²) in [5.41, 5.74) is 0.579. The second kappa shape index (κ2) is 6.81. The van der Waals surface area contributed by atoms with Crippen LogP contribution < -0.4 is 5.56 Å². The third-order valence-electron chi connectivity index (χ3n) is 3.66. The van der Waals surface area contributed by atoms with Crippen LogP contribution in [0.2, 0.25) is 0 Å². The van der Waals surface area contributed by atoms with E-state index in [9.17, 15) is 4.79 Å². The van der Waals surface area contributed by atoms with Crippen LogP contribution in [0.4, 0.5) is 0 Å². The number of nitrogens with zero attached hydrogens (tertiary/aromatic N) is 4. The molecule has 8 heteroatoms. The van der Waals surface area contributed by atoms with Crippen LogP contribution in [-0.2, 0) is 13.0 Å². The Morgan fingerprint density at radius 1 is 1.20 bits per heavy atom. The fraction of sp³-hybridized carbons (Fsp3) is 0.176. The number of furan rings is 1. The number of benzene rings is 1. The van der Waals surface area contributed by atoms with Crippen molar-refractivity contribution in [2.75, 3.05) is 0 Å². The van der Waals surface area contributed by atoms with Gasteiger partial charge in [0.25, 0.3) is 5.56 Å². The van der Waals surface area contributed by atoms with Crippen molar-refractivity contribution < 1.29 is 4.42 Å². The summed E-state index contributed by atoms with van der Waals surface area (Å²) in [4.78, 5) is 22.1. The van der Waals surface area contributed by atoms with E-state index in [-0.39, 0.29) is 5.56 Å². The van der Waals surface area contributed by atoms with Crippen LogP contribution >= 0.6 is 23.3 Å². The molecule has 0 unspecified atom stereocenters. The van der Waals surface area contributed by atoms with Crippen molar-refractivity contribution in [3.63, 3.8) is 0 Å². The van der Waals surface area contributed by atoms with Gasteiger partial charge >= 0.3 is 0 Å². The SMILES string of the molecule is CCc1nsc(Sc2nc3ccccc3c(=O)n2Cc2ccco2)n1. The van der Waals surface area contributed by atoms with Gasteiger partial charge in [-0.15, -0.1) is 0 Å². The van der Waals surface area contributed by atoms with Gasteiger partial charge in [-0.25, -0.2) is 9.97 Å². The third kappa shape index (κ3) is 3.22. The van der Waals surface area contributed by atoms with E-state index in [0.29, 0.717) is 28.4 Å². The minimum atomic E-state index is -0.0928. The van der Waals surface area contributed by atoms with Crippen molar-refractivity contribution in [2.45, 2.75) is 29.4 Å². The van der Waals surface area contributed by atoms with Gasteiger partial charge in [-0.05, 0) is 47.6 Å². The standard InChI is InChI=1S/C17H14N4O2S2/c1-2-14-19-17(25-20-14)24-16-18-13-8-4-3-7-12(13)15(22)21(16)10-11-6-5-9-23-11/h3-9H,2,10H2,1H3. The van der Waals surface area contributed by atoms with Crippen LogP contribution in [0.3, 0.4) is 0 Å². The van der Waals surface area contributed by atoms with Crippen LogP contribution in [0, 0.1) is 0 Å². The zero-order valence-corrected chi connectivity index (χ0v) is 15.0. The first kappa shape index (κ1) is 16.0. The van der Waals surface area contributed by atoms with E-state index in [1.807, 2.05) is 31.2 Å². The largest absolute Gasteiger partial charge is 0.467 e. The van der Waals surface area contributed by atoms with Gasteiger partial charge in [-0.3, -0.25) is 9.36 Å². The molecule has 0 bridgehead atoms. The Bertz CT molecular complexity index is 1070. The van der Waals surface area contributed by atoms with Crippen LogP contribution in [0.15, 0.2) is 61.4 Å². The molecule has 6 nitrogen and oxygen atoms in total. The number of para-hydroxylation sites is 1. The zero-order chi connectivity index (χ0) is 17.2. The molecule has 1 aromatic carbocycles. The maximum absolute atomic E-state index is 13.0. The zero-order valence-electron chi connectivity index (χ0n) is 13.4. The summed E-state index contributed by atoms with van der Waals surface area (Å²) >= 11 is 2.68. The highest BCUT2D eigenvalue weighted by atomic mass is 32.2. The van der Waals surface area contributed by atoms with Gasteiger partial charge in [0.1, 0.15) is 11.6 Å². The van der Waals surface area contributed by atoms with E-state index in [0.717, 1.165) is 16.6 Å². The van der Waals surface area contributed by atoms with Crippen LogP contribution in [-0.4, -0.2) is 18.9 Å². The fourth-order valence-electron chi connectivity index (χ4n) is 2.42. The quantitative estimate of drug-likeness (QED) is 0.500. The normalized spacial score (nSPS) is 11.2. The Labute approximate surface area is 151 Å². The first-order chi connectivity index (χ1) is 12.2.